The first-order valence-electron chi connectivity index (χ1n) is 11.5. The Morgan fingerprint density at radius 3 is 2.75 bits per heavy atom. The summed E-state index contributed by atoms with van der Waals surface area (Å²) in [7, 11) is 0. The molecule has 2 aliphatic rings. The molecule has 3 aromatic rings. The minimum atomic E-state index is -0.676. The van der Waals surface area contributed by atoms with E-state index >= 15 is 0 Å². The first-order valence-corrected chi connectivity index (χ1v) is 12.3. The molecule has 2 N–H and O–H groups in total. The lowest BCUT2D eigenvalue weighted by Gasteiger charge is -2.41. The number of hydrogen-bond acceptors (Lipinski definition) is 5. The van der Waals surface area contributed by atoms with Crippen molar-refractivity contribution < 1.29 is 13.9 Å². The van der Waals surface area contributed by atoms with E-state index in [1.165, 1.54) is 12.1 Å². The zero-order valence-corrected chi connectivity index (χ0v) is 21.0. The zero-order valence-electron chi connectivity index (χ0n) is 19.5. The number of nitrogens with two attached hydrogens (primary N) is 1. The molecule has 1 amide bonds. The molecule has 0 radical (unpaired) electrons. The highest BCUT2D eigenvalue weighted by Crippen LogP contribution is 2.37. The van der Waals surface area contributed by atoms with Crippen molar-refractivity contribution in [3.05, 3.63) is 75.7 Å². The molecule has 0 saturated carbocycles. The van der Waals surface area contributed by atoms with Crippen molar-refractivity contribution >= 4 is 34.9 Å². The van der Waals surface area contributed by atoms with Gasteiger partial charge in [0.25, 0.3) is 5.91 Å². The summed E-state index contributed by atoms with van der Waals surface area (Å²) in [6, 6.07) is 15.0. The van der Waals surface area contributed by atoms with Gasteiger partial charge in [-0.15, -0.1) is 0 Å². The number of fused-ring (bicyclic) bond motifs is 2. The zero-order chi connectivity index (χ0) is 25.4. The van der Waals surface area contributed by atoms with Crippen LogP contribution >= 0.6 is 23.2 Å². The normalized spacial score (nSPS) is 17.3. The maximum absolute atomic E-state index is 14.0. The van der Waals surface area contributed by atoms with Gasteiger partial charge in [0.15, 0.2) is 11.6 Å². The fourth-order valence-electron chi connectivity index (χ4n) is 4.52. The van der Waals surface area contributed by atoms with Crippen LogP contribution in [0.25, 0.3) is 11.1 Å². The Hall–Kier alpha value is -3.47. The quantitative estimate of drug-likeness (QED) is 0.357. The topological polar surface area (TPSA) is 71.7 Å². The molecule has 1 fully saturated rings. The summed E-state index contributed by atoms with van der Waals surface area (Å²) in [5.74, 6) is 3.03. The van der Waals surface area contributed by atoms with Crippen LogP contribution < -0.4 is 10.5 Å². The average Bonchev–Trinajstić information content (AvgIpc) is 2.88. The van der Waals surface area contributed by atoms with Gasteiger partial charge in [-0.05, 0) is 42.8 Å². The second kappa shape index (κ2) is 9.88. The number of anilines is 1. The minimum Gasteiger partial charge on any atom is -0.482 e. The molecule has 36 heavy (non-hydrogen) atoms. The number of rotatable bonds is 5. The number of nitrogen functional groups attached to an aromatic ring is 1. The molecular formula is C27H23Cl2FN4O2. The van der Waals surface area contributed by atoms with Gasteiger partial charge in [-0.2, -0.15) is 0 Å². The standard InChI is InChI=1S/C27H23Cl2FN4O2/c1-16(24-21(28)8-9-22(30)25(24)29)36-23-13-19(14-32-26(23)31)17-4-6-18(7-5-17)27(35)34-12-11-33-10-2-3-20(34)15-33/h4-9,13-14,16,20H,3,11-12,15H2,1H3,(H2,31,32)/t16?,20-/m0/s1. The Morgan fingerprint density at radius 1 is 1.19 bits per heavy atom. The number of piperazine rings is 1. The third kappa shape index (κ3) is 4.67. The minimum absolute atomic E-state index is 0.00651. The largest absolute Gasteiger partial charge is 0.482 e. The van der Waals surface area contributed by atoms with Crippen LogP contribution in [0.15, 0.2) is 48.7 Å². The maximum Gasteiger partial charge on any atom is 0.254 e. The molecule has 2 aromatic carbocycles. The number of pyridine rings is 1. The van der Waals surface area contributed by atoms with Crippen LogP contribution in [0.2, 0.25) is 10.0 Å². The number of nitrogens with zero attached hydrogens (tertiary/aromatic N) is 3. The van der Waals surface area contributed by atoms with Crippen LogP contribution in [0.5, 0.6) is 5.75 Å². The van der Waals surface area contributed by atoms with Crippen molar-refractivity contribution in [2.24, 2.45) is 0 Å². The second-order valence-corrected chi connectivity index (χ2v) is 9.58. The molecule has 1 saturated heterocycles. The number of hydrogen-bond donors (Lipinski definition) is 1. The van der Waals surface area contributed by atoms with Gasteiger partial charge in [0.1, 0.15) is 11.9 Å². The van der Waals surface area contributed by atoms with Gasteiger partial charge in [0, 0.05) is 60.0 Å². The molecule has 0 aliphatic carbocycles. The Morgan fingerprint density at radius 2 is 1.97 bits per heavy atom. The number of carbonyl (C=O) groups is 1. The summed E-state index contributed by atoms with van der Waals surface area (Å²) in [5, 5.41) is 0.193. The van der Waals surface area contributed by atoms with E-state index in [2.05, 4.69) is 21.8 Å². The highest BCUT2D eigenvalue weighted by Gasteiger charge is 2.31. The molecule has 0 spiro atoms. The lowest BCUT2D eigenvalue weighted by molar-refractivity contribution is 0.0535. The van der Waals surface area contributed by atoms with Crippen LogP contribution in [-0.4, -0.2) is 46.4 Å². The van der Waals surface area contributed by atoms with E-state index in [0.29, 0.717) is 34.9 Å². The lowest BCUT2D eigenvalue weighted by Crippen LogP contribution is -2.55. The maximum atomic E-state index is 14.0. The average molecular weight is 525 g/mol. The lowest BCUT2D eigenvalue weighted by atomic mass is 10.0. The molecule has 1 unspecified atom stereocenters. The summed E-state index contributed by atoms with van der Waals surface area (Å²) in [6.07, 6.45) is 1.65. The predicted octanol–water partition coefficient (Wildman–Crippen LogP) is 5.41. The smallest absolute Gasteiger partial charge is 0.254 e. The van der Waals surface area contributed by atoms with Gasteiger partial charge in [-0.1, -0.05) is 41.3 Å². The van der Waals surface area contributed by atoms with Crippen LogP contribution in [-0.2, 0) is 0 Å². The Labute approximate surface area is 218 Å². The first-order chi connectivity index (χ1) is 17.3. The van der Waals surface area contributed by atoms with Crippen molar-refractivity contribution in [1.29, 1.82) is 0 Å². The molecular weight excluding hydrogens is 502 g/mol. The van der Waals surface area contributed by atoms with Crippen LogP contribution in [0, 0.1) is 17.8 Å². The van der Waals surface area contributed by atoms with Crippen LogP contribution in [0.3, 0.4) is 0 Å². The number of benzene rings is 2. The fraction of sp³-hybridized carbons (Fsp3) is 0.259. The van der Waals surface area contributed by atoms with E-state index in [1.807, 2.05) is 29.2 Å². The van der Waals surface area contributed by atoms with E-state index in [9.17, 15) is 9.18 Å². The summed E-state index contributed by atoms with van der Waals surface area (Å²) in [6.45, 7) is 3.93. The number of ether oxygens (including phenoxy) is 1. The van der Waals surface area contributed by atoms with E-state index in [-0.39, 0.29) is 22.8 Å². The number of carbonyl (C=O) groups excluding carboxylic acids is 1. The number of amides is 1. The molecule has 2 aliphatic heterocycles. The third-order valence-electron chi connectivity index (χ3n) is 6.46. The van der Waals surface area contributed by atoms with Gasteiger partial charge in [0.2, 0.25) is 0 Å². The molecule has 3 heterocycles. The molecule has 5 rings (SSSR count). The molecule has 2 atom stereocenters. The van der Waals surface area contributed by atoms with Crippen molar-refractivity contribution in [1.82, 2.24) is 14.8 Å². The van der Waals surface area contributed by atoms with Crippen molar-refractivity contribution in [3.8, 4) is 28.8 Å². The molecule has 1 aromatic heterocycles. The molecule has 2 bridgehead atoms. The fourth-order valence-corrected chi connectivity index (χ4v) is 5.20. The van der Waals surface area contributed by atoms with Gasteiger partial charge < -0.3 is 20.3 Å². The van der Waals surface area contributed by atoms with Crippen molar-refractivity contribution in [2.45, 2.75) is 25.5 Å². The van der Waals surface area contributed by atoms with Crippen LogP contribution in [0.1, 0.15) is 35.4 Å². The summed E-state index contributed by atoms with van der Waals surface area (Å²) >= 11 is 12.4. The Kier molecular flexibility index (Phi) is 6.65. The van der Waals surface area contributed by atoms with Gasteiger partial charge in [0.05, 0.1) is 11.1 Å². The number of halogens is 3. The Balaban J connectivity index is 1.35. The third-order valence-corrected chi connectivity index (χ3v) is 7.17. The Bertz CT molecular complexity index is 1390. The second-order valence-electron chi connectivity index (χ2n) is 8.79. The monoisotopic (exact) mass is 524 g/mol. The van der Waals surface area contributed by atoms with Crippen molar-refractivity contribution in [3.63, 3.8) is 0 Å². The van der Waals surface area contributed by atoms with E-state index in [1.54, 1.807) is 19.2 Å². The highest BCUT2D eigenvalue weighted by molar-refractivity contribution is 6.36. The summed E-state index contributed by atoms with van der Waals surface area (Å²) in [5.41, 5.74) is 8.58. The molecule has 9 heteroatoms. The van der Waals surface area contributed by atoms with E-state index < -0.39 is 11.9 Å². The van der Waals surface area contributed by atoms with E-state index in [4.69, 9.17) is 33.7 Å². The first kappa shape index (κ1) is 24.2. The van der Waals surface area contributed by atoms with Gasteiger partial charge >= 0.3 is 0 Å². The molecule has 184 valence electrons. The molecule has 6 nitrogen and oxygen atoms in total. The summed E-state index contributed by atoms with van der Waals surface area (Å²) < 4.78 is 20.0. The van der Waals surface area contributed by atoms with Crippen molar-refractivity contribution in [2.75, 3.05) is 25.4 Å². The van der Waals surface area contributed by atoms with E-state index in [0.717, 1.165) is 24.2 Å². The van der Waals surface area contributed by atoms with Crippen LogP contribution in [0.4, 0.5) is 10.2 Å². The summed E-state index contributed by atoms with van der Waals surface area (Å²) in [4.78, 5) is 21.4. The predicted molar refractivity (Wildman–Crippen MR) is 138 cm³/mol. The SMILES string of the molecule is CC(Oc1cc(-c2ccc(C(=O)N3CCN4C#CC[C@H]3C4)cc2)cnc1N)c1c(Cl)ccc(F)c1Cl. The van der Waals surface area contributed by atoms with Gasteiger partial charge in [-0.3, -0.25) is 4.79 Å². The highest BCUT2D eigenvalue weighted by atomic mass is 35.5. The number of aromatic nitrogens is 1. The van der Waals surface area contributed by atoms with Gasteiger partial charge in [-0.25, -0.2) is 9.37 Å².